The van der Waals surface area contributed by atoms with E-state index < -0.39 is 0 Å². The zero-order chi connectivity index (χ0) is 12.4. The standard InChI is InChI=1S/C11H6Br2ClNOS/c12-7-1-2-9(8(14)4-7)15-11(16)6-3-10(13)17-5-6/h1-5H,(H,15,16). The van der Waals surface area contributed by atoms with Crippen LogP contribution in [0.1, 0.15) is 10.4 Å². The van der Waals surface area contributed by atoms with Gasteiger partial charge in [0, 0.05) is 9.85 Å². The first-order valence-corrected chi connectivity index (χ1v) is 7.41. The van der Waals surface area contributed by atoms with E-state index in [1.807, 2.05) is 6.07 Å². The number of amides is 1. The molecule has 1 heterocycles. The number of nitrogens with one attached hydrogen (secondary N) is 1. The highest BCUT2D eigenvalue weighted by molar-refractivity contribution is 9.11. The minimum Gasteiger partial charge on any atom is -0.321 e. The Morgan fingerprint density at radius 2 is 2.06 bits per heavy atom. The lowest BCUT2D eigenvalue weighted by Gasteiger charge is -2.06. The van der Waals surface area contributed by atoms with Gasteiger partial charge in [0.15, 0.2) is 0 Å². The Morgan fingerprint density at radius 1 is 1.29 bits per heavy atom. The number of hydrogen-bond donors (Lipinski definition) is 1. The van der Waals surface area contributed by atoms with E-state index in [0.29, 0.717) is 16.3 Å². The first-order chi connectivity index (χ1) is 8.06. The van der Waals surface area contributed by atoms with Gasteiger partial charge in [0.2, 0.25) is 0 Å². The maximum Gasteiger partial charge on any atom is 0.256 e. The zero-order valence-electron chi connectivity index (χ0n) is 8.34. The molecule has 1 amide bonds. The summed E-state index contributed by atoms with van der Waals surface area (Å²) in [6, 6.07) is 7.09. The quantitative estimate of drug-likeness (QED) is 0.746. The van der Waals surface area contributed by atoms with E-state index in [1.165, 1.54) is 11.3 Å². The van der Waals surface area contributed by atoms with Crippen molar-refractivity contribution in [1.29, 1.82) is 0 Å². The summed E-state index contributed by atoms with van der Waals surface area (Å²) < 4.78 is 1.79. The molecule has 0 spiro atoms. The average molecular weight is 396 g/mol. The molecule has 6 heteroatoms. The average Bonchev–Trinajstić information content (AvgIpc) is 2.69. The topological polar surface area (TPSA) is 29.1 Å². The maximum atomic E-state index is 11.9. The molecule has 17 heavy (non-hydrogen) atoms. The lowest BCUT2D eigenvalue weighted by atomic mass is 10.3. The summed E-state index contributed by atoms with van der Waals surface area (Å²) in [5.41, 5.74) is 1.21. The van der Waals surface area contributed by atoms with Crippen molar-refractivity contribution in [2.45, 2.75) is 0 Å². The van der Waals surface area contributed by atoms with Crippen LogP contribution >= 0.6 is 54.8 Å². The van der Waals surface area contributed by atoms with Gasteiger partial charge >= 0.3 is 0 Å². The van der Waals surface area contributed by atoms with Crippen LogP contribution in [0.15, 0.2) is 37.9 Å². The van der Waals surface area contributed by atoms with Crippen LogP contribution in [0, 0.1) is 0 Å². The summed E-state index contributed by atoms with van der Waals surface area (Å²) in [5, 5.41) is 5.05. The molecule has 0 aliphatic carbocycles. The van der Waals surface area contributed by atoms with Gasteiger partial charge in [-0.2, -0.15) is 0 Å². The van der Waals surface area contributed by atoms with E-state index in [4.69, 9.17) is 11.6 Å². The van der Waals surface area contributed by atoms with Crippen LogP contribution in [0.4, 0.5) is 5.69 Å². The molecule has 0 atom stereocenters. The van der Waals surface area contributed by atoms with E-state index in [2.05, 4.69) is 37.2 Å². The number of benzene rings is 1. The van der Waals surface area contributed by atoms with E-state index in [-0.39, 0.29) is 5.91 Å². The Kier molecular flexibility index (Phi) is 4.25. The molecule has 0 fully saturated rings. The highest BCUT2D eigenvalue weighted by Crippen LogP contribution is 2.27. The number of anilines is 1. The van der Waals surface area contributed by atoms with Crippen molar-refractivity contribution in [2.24, 2.45) is 0 Å². The Morgan fingerprint density at radius 3 is 2.65 bits per heavy atom. The van der Waals surface area contributed by atoms with Gasteiger partial charge in [-0.15, -0.1) is 11.3 Å². The van der Waals surface area contributed by atoms with Crippen molar-refractivity contribution in [3.05, 3.63) is 48.5 Å². The number of thiophene rings is 1. The fourth-order valence-electron chi connectivity index (χ4n) is 1.21. The van der Waals surface area contributed by atoms with Crippen LogP contribution in [0.3, 0.4) is 0 Å². The number of rotatable bonds is 2. The third-order valence-electron chi connectivity index (χ3n) is 2.01. The lowest BCUT2D eigenvalue weighted by Crippen LogP contribution is -2.11. The maximum absolute atomic E-state index is 11.9. The molecular weight excluding hydrogens is 389 g/mol. The van der Waals surface area contributed by atoms with Crippen molar-refractivity contribution in [2.75, 3.05) is 5.32 Å². The first-order valence-electron chi connectivity index (χ1n) is 4.56. The molecule has 1 N–H and O–H groups in total. The van der Waals surface area contributed by atoms with Crippen LogP contribution in [0.25, 0.3) is 0 Å². The zero-order valence-corrected chi connectivity index (χ0v) is 13.1. The minimum absolute atomic E-state index is 0.170. The third kappa shape index (κ3) is 3.31. The molecular formula is C11H6Br2ClNOS. The Labute approximate surface area is 124 Å². The van der Waals surface area contributed by atoms with Gasteiger partial charge in [-0.05, 0) is 40.2 Å². The smallest absolute Gasteiger partial charge is 0.256 e. The summed E-state index contributed by atoms with van der Waals surface area (Å²) in [7, 11) is 0. The molecule has 0 aliphatic rings. The second-order valence-electron chi connectivity index (χ2n) is 3.22. The van der Waals surface area contributed by atoms with Crippen molar-refractivity contribution < 1.29 is 4.79 Å². The Balaban J connectivity index is 2.18. The summed E-state index contributed by atoms with van der Waals surface area (Å²) in [4.78, 5) is 11.9. The van der Waals surface area contributed by atoms with Gasteiger partial charge in [-0.3, -0.25) is 4.79 Å². The normalized spacial score (nSPS) is 10.3. The second-order valence-corrected chi connectivity index (χ2v) is 6.83. The van der Waals surface area contributed by atoms with Gasteiger partial charge in [-0.25, -0.2) is 0 Å². The molecule has 1 aromatic carbocycles. The molecule has 0 saturated carbocycles. The fraction of sp³-hybridized carbons (Fsp3) is 0. The molecule has 0 aliphatic heterocycles. The lowest BCUT2D eigenvalue weighted by molar-refractivity contribution is 0.102. The number of halogens is 3. The highest BCUT2D eigenvalue weighted by Gasteiger charge is 2.10. The van der Waals surface area contributed by atoms with Crippen LogP contribution in [-0.4, -0.2) is 5.91 Å². The predicted octanol–water partition coefficient (Wildman–Crippen LogP) is 5.18. The van der Waals surface area contributed by atoms with Gasteiger partial charge in [0.05, 0.1) is 20.1 Å². The molecule has 2 nitrogen and oxygen atoms in total. The molecule has 2 rings (SSSR count). The molecule has 1 aromatic heterocycles. The van der Waals surface area contributed by atoms with Crippen molar-refractivity contribution in [3.8, 4) is 0 Å². The van der Waals surface area contributed by atoms with Crippen molar-refractivity contribution >= 4 is 66.4 Å². The van der Waals surface area contributed by atoms with Crippen molar-refractivity contribution in [1.82, 2.24) is 0 Å². The van der Waals surface area contributed by atoms with Crippen LogP contribution in [0.2, 0.25) is 5.02 Å². The summed E-state index contributed by atoms with van der Waals surface area (Å²) in [6.07, 6.45) is 0. The van der Waals surface area contributed by atoms with Gasteiger partial charge in [-0.1, -0.05) is 27.5 Å². The van der Waals surface area contributed by atoms with Gasteiger partial charge < -0.3 is 5.32 Å². The molecule has 2 aromatic rings. The minimum atomic E-state index is -0.170. The fourth-order valence-corrected chi connectivity index (χ4v) is 3.07. The Hall–Kier alpha value is -0.360. The third-order valence-corrected chi connectivity index (χ3v) is 4.32. The number of carbonyl (C=O) groups excluding carboxylic acids is 1. The monoisotopic (exact) mass is 393 g/mol. The molecule has 0 bridgehead atoms. The predicted molar refractivity (Wildman–Crippen MR) is 79.1 cm³/mol. The van der Waals surface area contributed by atoms with Gasteiger partial charge in [0.1, 0.15) is 0 Å². The van der Waals surface area contributed by atoms with E-state index in [0.717, 1.165) is 8.26 Å². The van der Waals surface area contributed by atoms with Crippen LogP contribution in [-0.2, 0) is 0 Å². The number of carbonyl (C=O) groups is 1. The summed E-state index contributed by atoms with van der Waals surface area (Å²) in [6.45, 7) is 0. The number of hydrogen-bond acceptors (Lipinski definition) is 2. The van der Waals surface area contributed by atoms with Crippen molar-refractivity contribution in [3.63, 3.8) is 0 Å². The highest BCUT2D eigenvalue weighted by atomic mass is 79.9. The summed E-state index contributed by atoms with van der Waals surface area (Å²) in [5.74, 6) is -0.170. The van der Waals surface area contributed by atoms with E-state index in [1.54, 1.807) is 23.6 Å². The molecule has 88 valence electrons. The largest absolute Gasteiger partial charge is 0.321 e. The summed E-state index contributed by atoms with van der Waals surface area (Å²) >= 11 is 14.1. The van der Waals surface area contributed by atoms with E-state index >= 15 is 0 Å². The molecule has 0 saturated heterocycles. The Bertz CT molecular complexity index is 570. The molecule has 0 unspecified atom stereocenters. The molecule has 0 radical (unpaired) electrons. The van der Waals surface area contributed by atoms with Crippen LogP contribution < -0.4 is 5.32 Å². The van der Waals surface area contributed by atoms with Crippen LogP contribution in [0.5, 0.6) is 0 Å². The van der Waals surface area contributed by atoms with E-state index in [9.17, 15) is 4.79 Å². The second kappa shape index (κ2) is 5.52. The first kappa shape index (κ1) is 13.1. The SMILES string of the molecule is O=C(Nc1ccc(Br)cc1Cl)c1csc(Br)c1. The van der Waals surface area contributed by atoms with Gasteiger partial charge in [0.25, 0.3) is 5.91 Å².